The van der Waals surface area contributed by atoms with Crippen LogP contribution >= 0.6 is 0 Å². The molecular formula is C12H20N4O2. The molecule has 1 N–H and O–H groups in total. The van der Waals surface area contributed by atoms with Crippen LogP contribution in [0.4, 0.5) is 5.82 Å². The van der Waals surface area contributed by atoms with Crippen LogP contribution in [0.5, 0.6) is 0 Å². The van der Waals surface area contributed by atoms with Crippen LogP contribution < -0.4 is 4.90 Å². The maximum Gasteiger partial charge on any atom is 0.273 e. The molecule has 1 amide bonds. The van der Waals surface area contributed by atoms with Crippen LogP contribution in [0.2, 0.25) is 0 Å². The number of hydrogen-bond acceptors (Lipinski definition) is 5. The fourth-order valence-electron chi connectivity index (χ4n) is 1.37. The number of nitrogens with zero attached hydrogens (tertiary/aromatic N) is 4. The number of hydrogen-bond donors (Lipinski definition) is 1. The van der Waals surface area contributed by atoms with Crippen LogP contribution in [0, 0.1) is 0 Å². The van der Waals surface area contributed by atoms with Gasteiger partial charge in [0.05, 0.1) is 6.10 Å². The number of aliphatic hydroxyl groups excluding tert-OH is 1. The van der Waals surface area contributed by atoms with Crippen LogP contribution in [0.3, 0.4) is 0 Å². The Hall–Kier alpha value is -1.69. The molecule has 0 bridgehead atoms. The summed E-state index contributed by atoms with van der Waals surface area (Å²) < 4.78 is 0. The highest BCUT2D eigenvalue weighted by molar-refractivity contribution is 5.91. The van der Waals surface area contributed by atoms with Crippen molar-refractivity contribution in [1.82, 2.24) is 15.1 Å². The Balaban J connectivity index is 2.67. The van der Waals surface area contributed by atoms with Crippen molar-refractivity contribution in [2.75, 3.05) is 32.6 Å². The van der Waals surface area contributed by atoms with Gasteiger partial charge in [-0.05, 0) is 25.5 Å². The number of rotatable bonds is 5. The van der Waals surface area contributed by atoms with Crippen molar-refractivity contribution in [3.63, 3.8) is 0 Å². The van der Waals surface area contributed by atoms with Gasteiger partial charge in [0.25, 0.3) is 5.91 Å². The van der Waals surface area contributed by atoms with Crippen molar-refractivity contribution >= 4 is 11.7 Å². The van der Waals surface area contributed by atoms with E-state index in [1.165, 1.54) is 4.90 Å². The van der Waals surface area contributed by atoms with Crippen molar-refractivity contribution < 1.29 is 9.90 Å². The van der Waals surface area contributed by atoms with E-state index in [0.717, 1.165) is 0 Å². The lowest BCUT2D eigenvalue weighted by Crippen LogP contribution is -2.25. The molecule has 0 saturated heterocycles. The summed E-state index contributed by atoms with van der Waals surface area (Å²) in [5, 5.41) is 17.1. The van der Waals surface area contributed by atoms with E-state index in [0.29, 0.717) is 24.5 Å². The van der Waals surface area contributed by atoms with Crippen molar-refractivity contribution in [2.24, 2.45) is 0 Å². The maximum absolute atomic E-state index is 11.6. The van der Waals surface area contributed by atoms with Gasteiger partial charge in [-0.15, -0.1) is 10.2 Å². The lowest BCUT2D eigenvalue weighted by molar-refractivity contribution is 0.0821. The summed E-state index contributed by atoms with van der Waals surface area (Å²) in [5.41, 5.74) is 0.327. The Labute approximate surface area is 107 Å². The minimum absolute atomic E-state index is 0.166. The molecular weight excluding hydrogens is 232 g/mol. The second kappa shape index (κ2) is 6.30. The van der Waals surface area contributed by atoms with Gasteiger partial charge in [-0.25, -0.2) is 0 Å². The molecule has 1 aromatic heterocycles. The third-order valence-corrected chi connectivity index (χ3v) is 2.55. The van der Waals surface area contributed by atoms with Gasteiger partial charge in [-0.2, -0.15) is 0 Å². The molecule has 6 heteroatoms. The first-order valence-corrected chi connectivity index (χ1v) is 5.86. The van der Waals surface area contributed by atoms with Crippen molar-refractivity contribution in [3.8, 4) is 0 Å². The van der Waals surface area contributed by atoms with Crippen LogP contribution in [-0.4, -0.2) is 59.9 Å². The van der Waals surface area contributed by atoms with Gasteiger partial charge in [0.15, 0.2) is 11.5 Å². The number of amides is 1. The molecule has 0 radical (unpaired) electrons. The number of aliphatic hydroxyl groups is 1. The predicted molar refractivity (Wildman–Crippen MR) is 69.6 cm³/mol. The molecule has 0 spiro atoms. The zero-order chi connectivity index (χ0) is 13.7. The summed E-state index contributed by atoms with van der Waals surface area (Å²) >= 11 is 0. The van der Waals surface area contributed by atoms with E-state index < -0.39 is 0 Å². The van der Waals surface area contributed by atoms with Crippen LogP contribution in [0.25, 0.3) is 0 Å². The van der Waals surface area contributed by atoms with E-state index >= 15 is 0 Å². The average Bonchev–Trinajstić information content (AvgIpc) is 2.35. The SMILES string of the molecule is CC(O)CCN(C)c1ccc(C(=O)N(C)C)nn1. The van der Waals surface area contributed by atoms with Crippen molar-refractivity contribution in [3.05, 3.63) is 17.8 Å². The first-order valence-electron chi connectivity index (χ1n) is 5.86. The topological polar surface area (TPSA) is 69.6 Å². The van der Waals surface area contributed by atoms with Gasteiger partial charge < -0.3 is 14.9 Å². The smallest absolute Gasteiger partial charge is 0.273 e. The van der Waals surface area contributed by atoms with Crippen LogP contribution in [-0.2, 0) is 0 Å². The Morgan fingerprint density at radius 1 is 1.33 bits per heavy atom. The lowest BCUT2D eigenvalue weighted by atomic mass is 10.2. The molecule has 6 nitrogen and oxygen atoms in total. The number of anilines is 1. The molecule has 0 aromatic carbocycles. The third-order valence-electron chi connectivity index (χ3n) is 2.55. The molecule has 0 saturated carbocycles. The normalized spacial score (nSPS) is 12.1. The molecule has 100 valence electrons. The Kier molecular flexibility index (Phi) is 5.03. The fourth-order valence-corrected chi connectivity index (χ4v) is 1.37. The second-order valence-corrected chi connectivity index (χ2v) is 4.54. The standard InChI is InChI=1S/C12H20N4O2/c1-9(17)7-8-16(4)11-6-5-10(13-14-11)12(18)15(2)3/h5-6,9,17H,7-8H2,1-4H3. The first-order chi connectivity index (χ1) is 8.41. The zero-order valence-electron chi connectivity index (χ0n) is 11.3. The predicted octanol–water partition coefficient (Wildman–Crippen LogP) is 0.385. The van der Waals surface area contributed by atoms with E-state index in [4.69, 9.17) is 0 Å². The van der Waals surface area contributed by atoms with E-state index in [1.807, 2.05) is 11.9 Å². The van der Waals surface area contributed by atoms with Crippen molar-refractivity contribution in [1.29, 1.82) is 0 Å². The highest BCUT2D eigenvalue weighted by atomic mass is 16.3. The van der Waals surface area contributed by atoms with Gasteiger partial charge in [-0.3, -0.25) is 4.79 Å². The summed E-state index contributed by atoms with van der Waals surface area (Å²) in [5.74, 6) is 0.520. The quantitative estimate of drug-likeness (QED) is 0.820. The molecule has 0 aliphatic carbocycles. The Morgan fingerprint density at radius 2 is 2.00 bits per heavy atom. The number of carbonyl (C=O) groups excluding carboxylic acids is 1. The van der Waals surface area contributed by atoms with Gasteiger partial charge in [-0.1, -0.05) is 0 Å². The summed E-state index contributed by atoms with van der Waals surface area (Å²) in [7, 11) is 5.22. The molecule has 1 atom stereocenters. The highest BCUT2D eigenvalue weighted by Crippen LogP contribution is 2.09. The zero-order valence-corrected chi connectivity index (χ0v) is 11.3. The largest absolute Gasteiger partial charge is 0.393 e. The summed E-state index contributed by atoms with van der Waals surface area (Å²) in [6.45, 7) is 2.44. The van der Waals surface area contributed by atoms with Crippen LogP contribution in [0.15, 0.2) is 12.1 Å². The van der Waals surface area contributed by atoms with Gasteiger partial charge in [0.2, 0.25) is 0 Å². The summed E-state index contributed by atoms with van der Waals surface area (Å²) in [6.07, 6.45) is 0.325. The highest BCUT2D eigenvalue weighted by Gasteiger charge is 2.11. The monoisotopic (exact) mass is 252 g/mol. The molecule has 1 unspecified atom stereocenters. The van der Waals surface area contributed by atoms with Crippen molar-refractivity contribution in [2.45, 2.75) is 19.4 Å². The molecule has 0 fully saturated rings. The molecule has 1 rings (SSSR count). The molecule has 1 aromatic rings. The van der Waals surface area contributed by atoms with Gasteiger partial charge >= 0.3 is 0 Å². The molecule has 18 heavy (non-hydrogen) atoms. The Bertz CT molecular complexity index is 390. The molecule has 0 aliphatic heterocycles. The average molecular weight is 252 g/mol. The van der Waals surface area contributed by atoms with Gasteiger partial charge in [0, 0.05) is 27.7 Å². The number of aromatic nitrogens is 2. The second-order valence-electron chi connectivity index (χ2n) is 4.54. The lowest BCUT2D eigenvalue weighted by Gasteiger charge is -2.18. The van der Waals surface area contributed by atoms with E-state index in [1.54, 1.807) is 33.2 Å². The summed E-state index contributed by atoms with van der Waals surface area (Å²) in [6, 6.07) is 3.41. The van der Waals surface area contributed by atoms with Gasteiger partial charge in [0.1, 0.15) is 0 Å². The first kappa shape index (κ1) is 14.4. The van der Waals surface area contributed by atoms with E-state index in [-0.39, 0.29) is 12.0 Å². The Morgan fingerprint density at radius 3 is 2.44 bits per heavy atom. The summed E-state index contributed by atoms with van der Waals surface area (Å²) in [4.78, 5) is 15.0. The van der Waals surface area contributed by atoms with Crippen LogP contribution in [0.1, 0.15) is 23.8 Å². The van der Waals surface area contributed by atoms with E-state index in [2.05, 4.69) is 10.2 Å². The molecule has 0 aliphatic rings. The minimum Gasteiger partial charge on any atom is -0.393 e. The molecule has 1 heterocycles. The fraction of sp³-hybridized carbons (Fsp3) is 0.583. The maximum atomic E-state index is 11.6. The number of carbonyl (C=O) groups is 1. The third kappa shape index (κ3) is 3.96. The van der Waals surface area contributed by atoms with E-state index in [9.17, 15) is 9.90 Å². The minimum atomic E-state index is -0.338.